The summed E-state index contributed by atoms with van der Waals surface area (Å²) in [6.07, 6.45) is 0.967. The zero-order chi connectivity index (χ0) is 23.8. The second kappa shape index (κ2) is 10.9. The highest BCUT2D eigenvalue weighted by Crippen LogP contribution is 2.28. The van der Waals surface area contributed by atoms with E-state index in [1.807, 2.05) is 24.3 Å². The molecule has 0 unspecified atom stereocenters. The second-order valence-corrected chi connectivity index (χ2v) is 9.22. The van der Waals surface area contributed by atoms with Gasteiger partial charge in [0.25, 0.3) is 15.9 Å². The van der Waals surface area contributed by atoms with Crippen LogP contribution in [-0.2, 0) is 14.8 Å². The number of benzene rings is 3. The van der Waals surface area contributed by atoms with Crippen molar-refractivity contribution in [2.75, 3.05) is 23.8 Å². The van der Waals surface area contributed by atoms with Crippen LogP contribution < -0.4 is 19.5 Å². The van der Waals surface area contributed by atoms with Crippen LogP contribution in [0.4, 0.5) is 11.4 Å². The maximum atomic E-state index is 12.6. The first-order valence-electron chi connectivity index (χ1n) is 10.6. The fourth-order valence-corrected chi connectivity index (χ4v) is 4.23. The Balaban J connectivity index is 1.59. The summed E-state index contributed by atoms with van der Waals surface area (Å²) >= 11 is 0. The molecule has 0 aromatic heterocycles. The van der Waals surface area contributed by atoms with Gasteiger partial charge in [-0.3, -0.25) is 9.52 Å². The largest absolute Gasteiger partial charge is 0.497 e. The average Bonchev–Trinajstić information content (AvgIpc) is 2.83. The molecule has 2 N–H and O–H groups in total. The van der Waals surface area contributed by atoms with Crippen molar-refractivity contribution in [2.45, 2.75) is 31.1 Å². The number of carbonyl (C=O) groups excluding carboxylic acids is 1. The Bertz CT molecular complexity index is 1180. The molecule has 3 aromatic carbocycles. The Morgan fingerprint density at radius 3 is 2.21 bits per heavy atom. The lowest BCUT2D eigenvalue weighted by Gasteiger charge is -2.15. The van der Waals surface area contributed by atoms with Crippen LogP contribution in [0.25, 0.3) is 0 Å². The minimum Gasteiger partial charge on any atom is -0.497 e. The van der Waals surface area contributed by atoms with Crippen LogP contribution in [0, 0.1) is 0 Å². The molecular weight excluding hydrogens is 440 g/mol. The van der Waals surface area contributed by atoms with Crippen LogP contribution in [0.1, 0.15) is 31.7 Å². The van der Waals surface area contributed by atoms with Gasteiger partial charge >= 0.3 is 0 Å². The first-order valence-corrected chi connectivity index (χ1v) is 12.1. The maximum Gasteiger partial charge on any atom is 0.262 e. The minimum absolute atomic E-state index is 0.0787. The van der Waals surface area contributed by atoms with Gasteiger partial charge in [0.15, 0.2) is 6.61 Å². The van der Waals surface area contributed by atoms with Gasteiger partial charge in [-0.2, -0.15) is 0 Å². The molecule has 3 aromatic rings. The zero-order valence-electron chi connectivity index (χ0n) is 18.9. The molecule has 0 aliphatic carbocycles. The molecular formula is C25H28N2O5S. The van der Waals surface area contributed by atoms with Gasteiger partial charge in [0, 0.05) is 11.4 Å². The molecule has 0 aliphatic heterocycles. The number of nitrogens with one attached hydrogen (secondary N) is 2. The lowest BCUT2D eigenvalue weighted by Crippen LogP contribution is -2.20. The quantitative estimate of drug-likeness (QED) is 0.435. The number of hydrogen-bond donors (Lipinski definition) is 2. The summed E-state index contributed by atoms with van der Waals surface area (Å²) in [5, 5.41) is 2.72. The number of ether oxygens (including phenoxy) is 2. The summed E-state index contributed by atoms with van der Waals surface area (Å²) in [6.45, 7) is 4.07. The van der Waals surface area contributed by atoms with Crippen molar-refractivity contribution in [1.82, 2.24) is 0 Å². The summed E-state index contributed by atoms with van der Waals surface area (Å²) in [5.74, 6) is 1.31. The molecule has 0 spiro atoms. The fraction of sp³-hybridized carbons (Fsp3) is 0.240. The van der Waals surface area contributed by atoms with Gasteiger partial charge < -0.3 is 14.8 Å². The normalized spacial score (nSPS) is 12.0. The number of anilines is 2. The van der Waals surface area contributed by atoms with Gasteiger partial charge in [-0.1, -0.05) is 32.0 Å². The van der Waals surface area contributed by atoms with E-state index < -0.39 is 10.0 Å². The summed E-state index contributed by atoms with van der Waals surface area (Å²) in [4.78, 5) is 12.4. The van der Waals surface area contributed by atoms with Crippen molar-refractivity contribution in [3.8, 4) is 11.5 Å². The van der Waals surface area contributed by atoms with E-state index in [1.54, 1.807) is 24.3 Å². The third-order valence-electron chi connectivity index (χ3n) is 5.21. The lowest BCUT2D eigenvalue weighted by molar-refractivity contribution is -0.118. The monoisotopic (exact) mass is 468 g/mol. The number of hydrogen-bond acceptors (Lipinski definition) is 5. The SMILES string of the molecule is CC[C@@H](C)c1ccccc1OCC(=O)Nc1ccc(S(=O)(=O)Nc2ccc(OC)cc2)cc1. The maximum absolute atomic E-state index is 12.6. The van der Waals surface area contributed by atoms with Crippen molar-refractivity contribution in [3.63, 3.8) is 0 Å². The van der Waals surface area contributed by atoms with Crippen LogP contribution in [0.2, 0.25) is 0 Å². The summed E-state index contributed by atoms with van der Waals surface area (Å²) in [6, 6.07) is 20.2. The van der Waals surface area contributed by atoms with E-state index in [-0.39, 0.29) is 17.4 Å². The standard InChI is InChI=1S/C25H28N2O5S/c1-4-18(2)23-7-5-6-8-24(23)32-17-25(28)26-19-11-15-22(16-12-19)33(29,30)27-20-9-13-21(31-3)14-10-20/h5-16,18,27H,4,17H2,1-3H3,(H,26,28)/t18-/m1/s1. The van der Waals surface area contributed by atoms with Crippen molar-refractivity contribution in [2.24, 2.45) is 0 Å². The lowest BCUT2D eigenvalue weighted by atomic mass is 9.98. The Morgan fingerprint density at radius 1 is 0.939 bits per heavy atom. The second-order valence-electron chi connectivity index (χ2n) is 7.54. The molecule has 0 heterocycles. The Labute approximate surface area is 194 Å². The van der Waals surface area contributed by atoms with Crippen molar-refractivity contribution in [1.29, 1.82) is 0 Å². The van der Waals surface area contributed by atoms with E-state index in [0.717, 1.165) is 12.0 Å². The number of para-hydroxylation sites is 1. The highest BCUT2D eigenvalue weighted by molar-refractivity contribution is 7.92. The predicted octanol–water partition coefficient (Wildman–Crippen LogP) is 5.03. The third kappa shape index (κ3) is 6.49. The Kier molecular flexibility index (Phi) is 7.95. The van der Waals surface area contributed by atoms with Gasteiger partial charge in [-0.15, -0.1) is 0 Å². The molecule has 1 amide bonds. The Hall–Kier alpha value is -3.52. The van der Waals surface area contributed by atoms with Gasteiger partial charge in [0.2, 0.25) is 0 Å². The smallest absolute Gasteiger partial charge is 0.262 e. The van der Waals surface area contributed by atoms with E-state index in [1.165, 1.54) is 31.4 Å². The van der Waals surface area contributed by atoms with E-state index >= 15 is 0 Å². The molecule has 33 heavy (non-hydrogen) atoms. The van der Waals surface area contributed by atoms with Gasteiger partial charge in [-0.25, -0.2) is 8.42 Å². The van der Waals surface area contributed by atoms with Crippen molar-refractivity contribution in [3.05, 3.63) is 78.4 Å². The number of carbonyl (C=O) groups is 1. The highest BCUT2D eigenvalue weighted by atomic mass is 32.2. The van der Waals surface area contributed by atoms with Gasteiger partial charge in [0.05, 0.1) is 12.0 Å². The van der Waals surface area contributed by atoms with Crippen LogP contribution in [0.3, 0.4) is 0 Å². The van der Waals surface area contributed by atoms with Crippen LogP contribution in [0.5, 0.6) is 11.5 Å². The molecule has 0 saturated carbocycles. The van der Waals surface area contributed by atoms with E-state index in [9.17, 15) is 13.2 Å². The van der Waals surface area contributed by atoms with E-state index in [0.29, 0.717) is 28.8 Å². The first-order chi connectivity index (χ1) is 15.8. The molecule has 0 aliphatic rings. The van der Waals surface area contributed by atoms with Gasteiger partial charge in [0.1, 0.15) is 11.5 Å². The van der Waals surface area contributed by atoms with E-state index in [2.05, 4.69) is 23.9 Å². The Morgan fingerprint density at radius 2 is 1.58 bits per heavy atom. The summed E-state index contributed by atoms with van der Waals surface area (Å²) in [7, 11) is -2.23. The summed E-state index contributed by atoms with van der Waals surface area (Å²) in [5.41, 5.74) is 1.96. The number of sulfonamides is 1. The average molecular weight is 469 g/mol. The van der Waals surface area contributed by atoms with Crippen LogP contribution in [-0.4, -0.2) is 28.0 Å². The third-order valence-corrected chi connectivity index (χ3v) is 6.61. The van der Waals surface area contributed by atoms with Crippen LogP contribution in [0.15, 0.2) is 77.7 Å². The molecule has 7 nitrogen and oxygen atoms in total. The molecule has 1 atom stereocenters. The molecule has 8 heteroatoms. The minimum atomic E-state index is -3.77. The van der Waals surface area contributed by atoms with Crippen molar-refractivity contribution >= 4 is 27.3 Å². The first kappa shape index (κ1) is 24.1. The highest BCUT2D eigenvalue weighted by Gasteiger charge is 2.15. The molecule has 0 bridgehead atoms. The number of methoxy groups -OCH3 is 1. The molecule has 0 radical (unpaired) electrons. The predicted molar refractivity (Wildman–Crippen MR) is 130 cm³/mol. The summed E-state index contributed by atoms with van der Waals surface area (Å²) < 4.78 is 38.5. The van der Waals surface area contributed by atoms with Gasteiger partial charge in [-0.05, 0) is 72.5 Å². The van der Waals surface area contributed by atoms with E-state index in [4.69, 9.17) is 9.47 Å². The topological polar surface area (TPSA) is 93.7 Å². The number of rotatable bonds is 10. The molecule has 3 rings (SSSR count). The van der Waals surface area contributed by atoms with Crippen molar-refractivity contribution < 1.29 is 22.7 Å². The molecule has 0 saturated heterocycles. The fourth-order valence-electron chi connectivity index (χ4n) is 3.17. The molecule has 174 valence electrons. The zero-order valence-corrected chi connectivity index (χ0v) is 19.7. The number of amides is 1. The van der Waals surface area contributed by atoms with Crippen LogP contribution >= 0.6 is 0 Å². The molecule has 0 fully saturated rings.